The van der Waals surface area contributed by atoms with Crippen LogP contribution in [0.3, 0.4) is 0 Å². The molecule has 90 valence electrons. The van der Waals surface area contributed by atoms with Crippen LogP contribution in [-0.4, -0.2) is 23.5 Å². The number of nitrogens with one attached hydrogen (secondary N) is 1. The summed E-state index contributed by atoms with van der Waals surface area (Å²) in [5.74, 6) is -1.76. The van der Waals surface area contributed by atoms with E-state index in [2.05, 4.69) is 5.32 Å². The number of carboxylic acids is 1. The SMILES string of the molecule is O=C(O)CCNC(=O)/C=C/c1cccc(F)c1. The zero-order chi connectivity index (χ0) is 12.7. The Morgan fingerprint density at radius 1 is 1.41 bits per heavy atom. The molecule has 0 saturated carbocycles. The average molecular weight is 237 g/mol. The van der Waals surface area contributed by atoms with E-state index in [1.165, 1.54) is 30.4 Å². The number of hydrogen-bond acceptors (Lipinski definition) is 2. The molecule has 2 N–H and O–H groups in total. The molecule has 0 atom stereocenters. The molecule has 1 aromatic carbocycles. The first-order valence-electron chi connectivity index (χ1n) is 5.01. The number of carboxylic acid groups (broad SMARTS) is 1. The van der Waals surface area contributed by atoms with Crippen LogP contribution in [0.15, 0.2) is 30.3 Å². The minimum Gasteiger partial charge on any atom is -0.481 e. The third-order valence-electron chi connectivity index (χ3n) is 1.91. The van der Waals surface area contributed by atoms with E-state index in [0.717, 1.165) is 0 Å². The molecular weight excluding hydrogens is 225 g/mol. The van der Waals surface area contributed by atoms with Crippen LogP contribution in [0.25, 0.3) is 6.08 Å². The summed E-state index contributed by atoms with van der Waals surface area (Å²) in [5, 5.41) is 10.8. The standard InChI is InChI=1S/C12H12FNO3/c13-10-3-1-2-9(8-10)4-5-11(15)14-7-6-12(16)17/h1-5,8H,6-7H2,(H,14,15)(H,16,17)/b5-4+. The van der Waals surface area contributed by atoms with E-state index < -0.39 is 11.9 Å². The van der Waals surface area contributed by atoms with Crippen LogP contribution in [0.4, 0.5) is 4.39 Å². The Morgan fingerprint density at radius 3 is 2.82 bits per heavy atom. The average Bonchev–Trinajstić information content (AvgIpc) is 2.26. The van der Waals surface area contributed by atoms with Crippen LogP contribution in [0.1, 0.15) is 12.0 Å². The molecule has 0 spiro atoms. The predicted molar refractivity (Wildman–Crippen MR) is 60.7 cm³/mol. The molecule has 5 heteroatoms. The van der Waals surface area contributed by atoms with Crippen molar-refractivity contribution in [2.24, 2.45) is 0 Å². The zero-order valence-corrected chi connectivity index (χ0v) is 9.02. The van der Waals surface area contributed by atoms with Crippen LogP contribution in [0.5, 0.6) is 0 Å². The molecule has 0 aliphatic rings. The maximum absolute atomic E-state index is 12.8. The van der Waals surface area contributed by atoms with Gasteiger partial charge in [0.15, 0.2) is 0 Å². The van der Waals surface area contributed by atoms with Crippen molar-refractivity contribution < 1.29 is 19.1 Å². The first-order chi connectivity index (χ1) is 8.08. The highest BCUT2D eigenvalue weighted by Gasteiger charge is 1.98. The first-order valence-corrected chi connectivity index (χ1v) is 5.01. The Balaban J connectivity index is 2.43. The number of carbonyl (C=O) groups is 2. The molecule has 0 aliphatic heterocycles. The number of hydrogen-bond donors (Lipinski definition) is 2. The molecule has 0 saturated heterocycles. The highest BCUT2D eigenvalue weighted by Crippen LogP contribution is 2.04. The van der Waals surface area contributed by atoms with Gasteiger partial charge in [0.1, 0.15) is 5.82 Å². The van der Waals surface area contributed by atoms with Crippen molar-refractivity contribution in [3.8, 4) is 0 Å². The van der Waals surface area contributed by atoms with Gasteiger partial charge in [-0.05, 0) is 23.8 Å². The Morgan fingerprint density at radius 2 is 2.18 bits per heavy atom. The molecule has 0 heterocycles. The van der Waals surface area contributed by atoms with Crippen molar-refractivity contribution in [3.63, 3.8) is 0 Å². The van der Waals surface area contributed by atoms with Gasteiger partial charge in [0.25, 0.3) is 0 Å². The minimum absolute atomic E-state index is 0.0711. The fraction of sp³-hybridized carbons (Fsp3) is 0.167. The molecule has 0 radical (unpaired) electrons. The van der Waals surface area contributed by atoms with E-state index in [-0.39, 0.29) is 18.8 Å². The largest absolute Gasteiger partial charge is 0.481 e. The van der Waals surface area contributed by atoms with E-state index in [4.69, 9.17) is 5.11 Å². The fourth-order valence-corrected chi connectivity index (χ4v) is 1.13. The topological polar surface area (TPSA) is 66.4 Å². The maximum atomic E-state index is 12.8. The van der Waals surface area contributed by atoms with Crippen molar-refractivity contribution in [1.29, 1.82) is 0 Å². The molecular formula is C12H12FNO3. The van der Waals surface area contributed by atoms with Crippen molar-refractivity contribution in [2.75, 3.05) is 6.54 Å². The van der Waals surface area contributed by atoms with E-state index in [9.17, 15) is 14.0 Å². The minimum atomic E-state index is -0.973. The lowest BCUT2D eigenvalue weighted by molar-refractivity contribution is -0.136. The Kier molecular flexibility index (Phi) is 4.87. The summed E-state index contributed by atoms with van der Waals surface area (Å²) in [5.41, 5.74) is 0.568. The second-order valence-corrected chi connectivity index (χ2v) is 3.32. The van der Waals surface area contributed by atoms with Gasteiger partial charge in [-0.25, -0.2) is 4.39 Å². The lowest BCUT2D eigenvalue weighted by Gasteiger charge is -1.98. The van der Waals surface area contributed by atoms with E-state index in [0.29, 0.717) is 5.56 Å². The van der Waals surface area contributed by atoms with Crippen molar-refractivity contribution in [3.05, 3.63) is 41.7 Å². The second-order valence-electron chi connectivity index (χ2n) is 3.32. The number of aliphatic carboxylic acids is 1. The van der Waals surface area contributed by atoms with Gasteiger partial charge in [-0.2, -0.15) is 0 Å². The molecule has 0 fully saturated rings. The summed E-state index contributed by atoms with van der Waals surface area (Å²) >= 11 is 0. The lowest BCUT2D eigenvalue weighted by Crippen LogP contribution is -2.23. The molecule has 1 aromatic rings. The number of amides is 1. The fourth-order valence-electron chi connectivity index (χ4n) is 1.13. The summed E-state index contributed by atoms with van der Waals surface area (Å²) in [6, 6.07) is 5.80. The van der Waals surface area contributed by atoms with Gasteiger partial charge >= 0.3 is 5.97 Å². The van der Waals surface area contributed by atoms with Gasteiger partial charge in [0.2, 0.25) is 5.91 Å². The normalized spacial score (nSPS) is 10.4. The molecule has 1 amide bonds. The van der Waals surface area contributed by atoms with E-state index in [1.807, 2.05) is 0 Å². The smallest absolute Gasteiger partial charge is 0.305 e. The van der Waals surface area contributed by atoms with E-state index in [1.54, 1.807) is 6.07 Å². The Hall–Kier alpha value is -2.17. The molecule has 0 bridgehead atoms. The van der Waals surface area contributed by atoms with Gasteiger partial charge in [-0.15, -0.1) is 0 Å². The van der Waals surface area contributed by atoms with Crippen molar-refractivity contribution >= 4 is 18.0 Å². The maximum Gasteiger partial charge on any atom is 0.305 e. The summed E-state index contributed by atoms with van der Waals surface area (Å²) in [4.78, 5) is 21.4. The summed E-state index contributed by atoms with van der Waals surface area (Å²) in [6.07, 6.45) is 2.56. The Labute approximate surface area is 97.8 Å². The molecule has 4 nitrogen and oxygen atoms in total. The van der Waals surface area contributed by atoms with Gasteiger partial charge in [-0.3, -0.25) is 9.59 Å². The predicted octanol–water partition coefficient (Wildman–Crippen LogP) is 1.43. The van der Waals surface area contributed by atoms with E-state index >= 15 is 0 Å². The first kappa shape index (κ1) is 12.9. The molecule has 0 unspecified atom stereocenters. The van der Waals surface area contributed by atoms with Crippen molar-refractivity contribution in [1.82, 2.24) is 5.32 Å². The number of benzene rings is 1. The zero-order valence-electron chi connectivity index (χ0n) is 9.02. The third-order valence-corrected chi connectivity index (χ3v) is 1.91. The number of rotatable bonds is 5. The van der Waals surface area contributed by atoms with Crippen LogP contribution >= 0.6 is 0 Å². The summed E-state index contributed by atoms with van der Waals surface area (Å²) in [7, 11) is 0. The van der Waals surface area contributed by atoms with Gasteiger partial charge in [-0.1, -0.05) is 12.1 Å². The molecule has 1 rings (SSSR count). The Bertz CT molecular complexity index is 443. The lowest BCUT2D eigenvalue weighted by atomic mass is 10.2. The van der Waals surface area contributed by atoms with Crippen LogP contribution in [0, 0.1) is 5.82 Å². The van der Waals surface area contributed by atoms with Gasteiger partial charge in [0, 0.05) is 12.6 Å². The monoisotopic (exact) mass is 237 g/mol. The number of carbonyl (C=O) groups excluding carboxylic acids is 1. The van der Waals surface area contributed by atoms with Crippen molar-refractivity contribution in [2.45, 2.75) is 6.42 Å². The molecule has 0 aliphatic carbocycles. The molecule has 0 aromatic heterocycles. The summed E-state index contributed by atoms with van der Waals surface area (Å²) < 4.78 is 12.8. The highest BCUT2D eigenvalue weighted by atomic mass is 19.1. The molecule has 17 heavy (non-hydrogen) atoms. The van der Waals surface area contributed by atoms with Gasteiger partial charge < -0.3 is 10.4 Å². The quantitative estimate of drug-likeness (QED) is 0.761. The van der Waals surface area contributed by atoms with Crippen LogP contribution in [-0.2, 0) is 9.59 Å². The van der Waals surface area contributed by atoms with Gasteiger partial charge in [0.05, 0.1) is 6.42 Å². The second kappa shape index (κ2) is 6.42. The summed E-state index contributed by atoms with van der Waals surface area (Å²) in [6.45, 7) is 0.0711. The third kappa shape index (κ3) is 5.46. The number of halogens is 1. The van der Waals surface area contributed by atoms with Crippen LogP contribution in [0.2, 0.25) is 0 Å². The highest BCUT2D eigenvalue weighted by molar-refractivity contribution is 5.91. The van der Waals surface area contributed by atoms with Crippen LogP contribution < -0.4 is 5.32 Å².